The highest BCUT2D eigenvalue weighted by atomic mass is 31.2. The Hall–Kier alpha value is -3.51. The molecule has 16 nitrogen and oxygen atoms in total. The van der Waals surface area contributed by atoms with Crippen molar-refractivity contribution in [3.05, 3.63) is 54.1 Å². The van der Waals surface area contributed by atoms with Crippen LogP contribution in [0.5, 0.6) is 0 Å². The van der Waals surface area contributed by atoms with Crippen LogP contribution < -0.4 is 15.5 Å². The Morgan fingerprint density at radius 2 is 1.77 bits per heavy atom. The monoisotopic (exact) mass is 812 g/mol. The van der Waals surface area contributed by atoms with Crippen molar-refractivity contribution in [2.45, 2.75) is 121 Å². The number of aliphatic hydroxyl groups excluding tert-OH is 1. The van der Waals surface area contributed by atoms with Crippen LogP contribution in [-0.4, -0.2) is 113 Å². The quantitative estimate of drug-likeness (QED) is 0.0428. The number of likely N-dealkylation sites (N-methyl/N-ethyl adjacent to an activating group) is 1. The molecule has 0 aliphatic carbocycles. The standard InChI is InChI=1S/C39H58BN6O10P/c1-26(2)53-25-33-32(23-34(40)55-33)56-57(51,52)54-22-11-5-4-10-20-42-35(47)18-19-36(48)45-24-27-13-6-7-14-28(27)38-37(29-15-8-9-17-31(29)45)43-44-46(38)21-12-16-30(41-3)39(49)50/h6-9,13-15,17,26,30,32-34,39,41,49-50H,4-5,10-12,16,18-25,40H2,1-3H3,(H,42,47)(H,51,52)/t30?,32?,33-,34-/m1/s1. The number of anilines is 1. The number of unbranched alkanes of at least 4 members (excludes halogenated alkanes) is 3. The van der Waals surface area contributed by atoms with E-state index in [2.05, 4.69) is 20.9 Å². The van der Waals surface area contributed by atoms with Crippen LogP contribution >= 0.6 is 7.82 Å². The number of fused-ring (bicyclic) bond motifs is 5. The van der Waals surface area contributed by atoms with Crippen molar-refractivity contribution in [1.82, 2.24) is 25.6 Å². The van der Waals surface area contributed by atoms with Crippen molar-refractivity contribution in [1.29, 1.82) is 0 Å². The highest BCUT2D eigenvalue weighted by Crippen LogP contribution is 2.47. The predicted octanol–water partition coefficient (Wildman–Crippen LogP) is 3.27. The molecule has 2 aromatic carbocycles. The van der Waals surface area contributed by atoms with Crippen LogP contribution in [0.25, 0.3) is 22.5 Å². The average molecular weight is 813 g/mol. The fourth-order valence-electron chi connectivity index (χ4n) is 7.20. The number of phosphoric acid groups is 1. The van der Waals surface area contributed by atoms with Gasteiger partial charge in [-0.15, -0.1) is 5.10 Å². The lowest BCUT2D eigenvalue weighted by atomic mass is 9.95. The Labute approximate surface area is 335 Å². The molecule has 3 unspecified atom stereocenters. The Balaban J connectivity index is 1.07. The summed E-state index contributed by atoms with van der Waals surface area (Å²) in [6.45, 7) is 5.40. The van der Waals surface area contributed by atoms with E-state index in [-0.39, 0.29) is 50.0 Å². The zero-order chi connectivity index (χ0) is 41.0. The summed E-state index contributed by atoms with van der Waals surface area (Å²) in [7, 11) is -0.685. The van der Waals surface area contributed by atoms with E-state index >= 15 is 0 Å². The molecule has 5 rings (SSSR count). The summed E-state index contributed by atoms with van der Waals surface area (Å²) < 4.78 is 36.5. The topological polar surface area (TPSA) is 207 Å². The lowest BCUT2D eigenvalue weighted by molar-refractivity contribution is -0.125. The molecule has 1 aromatic heterocycles. The number of aryl methyl sites for hydroxylation is 1. The molecule has 2 amide bonds. The second-order valence-corrected chi connectivity index (χ2v) is 16.3. The van der Waals surface area contributed by atoms with Crippen molar-refractivity contribution < 1.29 is 47.8 Å². The molecule has 3 aromatic rings. The van der Waals surface area contributed by atoms with Crippen LogP contribution in [0.1, 0.15) is 77.2 Å². The zero-order valence-electron chi connectivity index (χ0n) is 33.4. The molecule has 3 heterocycles. The molecule has 0 spiro atoms. The summed E-state index contributed by atoms with van der Waals surface area (Å²) in [5, 5.41) is 34.2. The van der Waals surface area contributed by atoms with Crippen molar-refractivity contribution in [3.8, 4) is 22.5 Å². The third-order valence-electron chi connectivity index (χ3n) is 10.2. The summed E-state index contributed by atoms with van der Waals surface area (Å²) in [4.78, 5) is 38.7. The van der Waals surface area contributed by atoms with Gasteiger partial charge in [-0.1, -0.05) is 60.5 Å². The minimum Gasteiger partial charge on any atom is -0.379 e. The van der Waals surface area contributed by atoms with Gasteiger partial charge in [0.1, 0.15) is 19.6 Å². The maximum Gasteiger partial charge on any atom is 0.472 e. The minimum absolute atomic E-state index is 0.00508. The lowest BCUT2D eigenvalue weighted by Gasteiger charge is -2.28. The third kappa shape index (κ3) is 12.7. The van der Waals surface area contributed by atoms with Crippen molar-refractivity contribution in [3.63, 3.8) is 0 Å². The van der Waals surface area contributed by atoms with Crippen LogP contribution in [0.3, 0.4) is 0 Å². The van der Waals surface area contributed by atoms with E-state index in [1.807, 2.05) is 74.9 Å². The number of carbonyl (C=O) groups is 2. The SMILES string of the molecule is B[C@H]1CC(OP(=O)(O)OCCCCCCNC(=O)CCC(=O)N2Cc3ccccc3-c3c(nnn3CCCC(NC)C(O)O)-c3ccccc32)[C@@H](COC(C)C)O1. The van der Waals surface area contributed by atoms with E-state index < -0.39 is 32.4 Å². The van der Waals surface area contributed by atoms with Gasteiger partial charge in [0, 0.05) is 43.1 Å². The van der Waals surface area contributed by atoms with E-state index in [0.29, 0.717) is 63.1 Å². The normalized spacial score (nSPS) is 19.4. The fraction of sp³-hybridized carbons (Fsp3) is 0.590. The van der Waals surface area contributed by atoms with Gasteiger partial charge in [-0.3, -0.25) is 18.6 Å². The fourth-order valence-corrected chi connectivity index (χ4v) is 8.18. The molecule has 2 aliphatic rings. The molecule has 0 radical (unpaired) electrons. The van der Waals surface area contributed by atoms with Crippen molar-refractivity contribution >= 4 is 33.2 Å². The molecule has 1 saturated heterocycles. The van der Waals surface area contributed by atoms with E-state index in [1.54, 1.807) is 11.9 Å². The molecular formula is C39H58BN6O10P. The summed E-state index contributed by atoms with van der Waals surface area (Å²) in [5.41, 5.74) is 4.71. The molecule has 18 heteroatoms. The number of hydrogen-bond donors (Lipinski definition) is 5. The summed E-state index contributed by atoms with van der Waals surface area (Å²) in [6.07, 6.45) is 1.97. The van der Waals surface area contributed by atoms with Gasteiger partial charge >= 0.3 is 7.82 Å². The first-order chi connectivity index (χ1) is 27.4. The lowest BCUT2D eigenvalue weighted by Crippen LogP contribution is -2.37. The zero-order valence-corrected chi connectivity index (χ0v) is 34.3. The number of nitrogens with zero attached hydrogens (tertiary/aromatic N) is 4. The maximum absolute atomic E-state index is 13.9. The Morgan fingerprint density at radius 3 is 2.53 bits per heavy atom. The van der Waals surface area contributed by atoms with Crippen molar-refractivity contribution in [2.75, 3.05) is 31.7 Å². The first-order valence-electron chi connectivity index (χ1n) is 20.0. The van der Waals surface area contributed by atoms with Crippen LogP contribution in [0, 0.1) is 0 Å². The number of amides is 2. The number of para-hydroxylation sites is 1. The number of aliphatic hydroxyl groups is 2. The Kier molecular flexibility index (Phi) is 16.8. The Morgan fingerprint density at radius 1 is 1.04 bits per heavy atom. The molecule has 312 valence electrons. The number of ether oxygens (including phenoxy) is 2. The van der Waals surface area contributed by atoms with Crippen LogP contribution in [0.4, 0.5) is 5.69 Å². The number of rotatable bonds is 22. The van der Waals surface area contributed by atoms with E-state index in [0.717, 1.165) is 35.2 Å². The molecule has 0 saturated carbocycles. The van der Waals surface area contributed by atoms with Crippen LogP contribution in [0.15, 0.2) is 48.5 Å². The van der Waals surface area contributed by atoms with Gasteiger partial charge < -0.3 is 40.1 Å². The first kappa shape index (κ1) is 44.6. The molecule has 2 aliphatic heterocycles. The summed E-state index contributed by atoms with van der Waals surface area (Å²) >= 11 is 0. The molecule has 5 N–H and O–H groups in total. The van der Waals surface area contributed by atoms with Gasteiger partial charge in [0.15, 0.2) is 6.29 Å². The van der Waals surface area contributed by atoms with E-state index in [1.165, 1.54) is 0 Å². The van der Waals surface area contributed by atoms with Crippen LogP contribution in [-0.2, 0) is 45.8 Å². The highest BCUT2D eigenvalue weighted by Gasteiger charge is 2.39. The van der Waals surface area contributed by atoms with E-state index in [4.69, 9.17) is 18.5 Å². The second-order valence-electron chi connectivity index (χ2n) is 14.9. The largest absolute Gasteiger partial charge is 0.472 e. The van der Waals surface area contributed by atoms with Gasteiger partial charge in [0.05, 0.1) is 49.4 Å². The number of benzene rings is 2. The molecule has 5 atom stereocenters. The van der Waals surface area contributed by atoms with Crippen molar-refractivity contribution in [2.24, 2.45) is 0 Å². The van der Waals surface area contributed by atoms with Gasteiger partial charge in [-0.25, -0.2) is 9.25 Å². The molecule has 0 bridgehead atoms. The van der Waals surface area contributed by atoms with Gasteiger partial charge in [-0.05, 0) is 64.6 Å². The second kappa shape index (κ2) is 21.5. The minimum atomic E-state index is -4.26. The van der Waals surface area contributed by atoms with Crippen LogP contribution in [0.2, 0.25) is 0 Å². The van der Waals surface area contributed by atoms with Gasteiger partial charge in [0.25, 0.3) is 0 Å². The third-order valence-corrected chi connectivity index (χ3v) is 11.2. The molecular weight excluding hydrogens is 754 g/mol. The maximum atomic E-state index is 13.9. The predicted molar refractivity (Wildman–Crippen MR) is 217 cm³/mol. The number of nitrogens with one attached hydrogen (secondary N) is 2. The molecule has 1 fully saturated rings. The number of aromatic nitrogens is 3. The number of phosphoric ester groups is 1. The highest BCUT2D eigenvalue weighted by molar-refractivity contribution is 7.47. The van der Waals surface area contributed by atoms with Gasteiger partial charge in [0.2, 0.25) is 11.8 Å². The summed E-state index contributed by atoms with van der Waals surface area (Å²) in [5.74, 6) is -0.406. The van der Waals surface area contributed by atoms with E-state index in [9.17, 15) is 29.3 Å². The average Bonchev–Trinajstić information content (AvgIpc) is 3.75. The smallest absolute Gasteiger partial charge is 0.379 e. The number of carbonyl (C=O) groups excluding carboxylic acids is 2. The number of hydrogen-bond acceptors (Lipinski definition) is 12. The Bertz CT molecular complexity index is 1810. The molecule has 57 heavy (non-hydrogen) atoms. The van der Waals surface area contributed by atoms with Gasteiger partial charge in [-0.2, -0.15) is 0 Å². The first-order valence-corrected chi connectivity index (χ1v) is 21.5. The summed E-state index contributed by atoms with van der Waals surface area (Å²) in [6, 6.07) is 14.8.